The standard InChI is InChI=1S/C19H24N2O3S/c1-6-13-7-9-14(10-8-13)17-20-12(2)16(25-17)18(23)24-11-15(22)21-19(3,4)5/h7-10H,6,11H2,1-5H3,(H,21,22). The van der Waals surface area contributed by atoms with Crippen LogP contribution in [-0.4, -0.2) is 29.0 Å². The van der Waals surface area contributed by atoms with Gasteiger partial charge >= 0.3 is 5.97 Å². The van der Waals surface area contributed by atoms with Crippen molar-refractivity contribution in [2.24, 2.45) is 0 Å². The van der Waals surface area contributed by atoms with Gasteiger partial charge in [-0.05, 0) is 39.7 Å². The molecular weight excluding hydrogens is 336 g/mol. The van der Waals surface area contributed by atoms with Crippen molar-refractivity contribution < 1.29 is 14.3 Å². The van der Waals surface area contributed by atoms with Gasteiger partial charge in [0.2, 0.25) is 0 Å². The van der Waals surface area contributed by atoms with Gasteiger partial charge in [-0.25, -0.2) is 9.78 Å². The third-order valence-electron chi connectivity index (χ3n) is 3.44. The number of ether oxygens (including phenoxy) is 1. The molecule has 0 aliphatic rings. The highest BCUT2D eigenvalue weighted by Gasteiger charge is 2.20. The minimum Gasteiger partial charge on any atom is -0.451 e. The number of benzene rings is 1. The highest BCUT2D eigenvalue weighted by molar-refractivity contribution is 7.17. The fourth-order valence-electron chi connectivity index (χ4n) is 2.24. The molecule has 5 nitrogen and oxygen atoms in total. The second kappa shape index (κ2) is 7.78. The SMILES string of the molecule is CCc1ccc(-c2nc(C)c(C(=O)OCC(=O)NC(C)(C)C)s2)cc1. The lowest BCUT2D eigenvalue weighted by molar-refractivity contribution is -0.125. The molecule has 1 aromatic heterocycles. The zero-order valence-corrected chi connectivity index (χ0v) is 16.1. The number of hydrogen-bond donors (Lipinski definition) is 1. The number of carbonyl (C=O) groups excluding carboxylic acids is 2. The van der Waals surface area contributed by atoms with Gasteiger partial charge in [-0.15, -0.1) is 11.3 Å². The molecule has 6 heteroatoms. The van der Waals surface area contributed by atoms with Crippen LogP contribution in [0.1, 0.15) is 48.6 Å². The third kappa shape index (κ3) is 5.39. The molecule has 0 fully saturated rings. The van der Waals surface area contributed by atoms with Gasteiger partial charge in [-0.3, -0.25) is 4.79 Å². The molecule has 134 valence electrons. The van der Waals surface area contributed by atoms with Crippen molar-refractivity contribution in [1.82, 2.24) is 10.3 Å². The summed E-state index contributed by atoms with van der Waals surface area (Å²) in [4.78, 5) is 28.9. The number of carbonyl (C=O) groups is 2. The van der Waals surface area contributed by atoms with Gasteiger partial charge in [0.05, 0.1) is 5.69 Å². The van der Waals surface area contributed by atoms with Crippen LogP contribution in [0, 0.1) is 6.92 Å². The molecule has 0 unspecified atom stereocenters. The Morgan fingerprint density at radius 3 is 2.40 bits per heavy atom. The fraction of sp³-hybridized carbons (Fsp3) is 0.421. The van der Waals surface area contributed by atoms with Crippen LogP contribution < -0.4 is 5.32 Å². The van der Waals surface area contributed by atoms with Gasteiger partial charge < -0.3 is 10.1 Å². The highest BCUT2D eigenvalue weighted by atomic mass is 32.1. The van der Waals surface area contributed by atoms with Crippen molar-refractivity contribution in [3.05, 3.63) is 40.4 Å². The van der Waals surface area contributed by atoms with Gasteiger partial charge in [0, 0.05) is 11.1 Å². The second-order valence-corrected chi connectivity index (χ2v) is 7.86. The van der Waals surface area contributed by atoms with E-state index in [1.807, 2.05) is 32.9 Å². The van der Waals surface area contributed by atoms with E-state index < -0.39 is 5.97 Å². The van der Waals surface area contributed by atoms with Crippen LogP contribution in [0.3, 0.4) is 0 Å². The van der Waals surface area contributed by atoms with Crippen molar-refractivity contribution in [3.63, 3.8) is 0 Å². The summed E-state index contributed by atoms with van der Waals surface area (Å²) in [5, 5.41) is 3.52. The largest absolute Gasteiger partial charge is 0.451 e. The molecule has 0 aliphatic carbocycles. The lowest BCUT2D eigenvalue weighted by atomic mass is 10.1. The molecule has 1 heterocycles. The van der Waals surface area contributed by atoms with Crippen LogP contribution in [0.25, 0.3) is 10.6 Å². The highest BCUT2D eigenvalue weighted by Crippen LogP contribution is 2.28. The van der Waals surface area contributed by atoms with E-state index in [-0.39, 0.29) is 18.1 Å². The Kier molecular flexibility index (Phi) is 5.95. The van der Waals surface area contributed by atoms with E-state index in [2.05, 4.69) is 29.4 Å². The number of amides is 1. The molecule has 1 N–H and O–H groups in total. The number of aromatic nitrogens is 1. The number of thiazole rings is 1. The van der Waals surface area contributed by atoms with E-state index in [0.717, 1.165) is 17.0 Å². The molecule has 0 aliphatic heterocycles. The van der Waals surface area contributed by atoms with Crippen LogP contribution in [0.4, 0.5) is 0 Å². The Bertz CT molecular complexity index is 758. The van der Waals surface area contributed by atoms with Gasteiger partial charge in [0.25, 0.3) is 5.91 Å². The Morgan fingerprint density at radius 1 is 1.20 bits per heavy atom. The smallest absolute Gasteiger partial charge is 0.350 e. The summed E-state index contributed by atoms with van der Waals surface area (Å²) in [6.07, 6.45) is 0.978. The molecule has 0 saturated carbocycles. The predicted molar refractivity (Wildman–Crippen MR) is 99.8 cm³/mol. The quantitative estimate of drug-likeness (QED) is 0.825. The molecule has 2 aromatic rings. The third-order valence-corrected chi connectivity index (χ3v) is 4.63. The number of esters is 1. The van der Waals surface area contributed by atoms with Gasteiger partial charge in [-0.1, -0.05) is 31.2 Å². The lowest BCUT2D eigenvalue weighted by Gasteiger charge is -2.20. The molecule has 0 atom stereocenters. The van der Waals surface area contributed by atoms with Gasteiger partial charge in [0.15, 0.2) is 6.61 Å². The van der Waals surface area contributed by atoms with Crippen LogP contribution in [-0.2, 0) is 16.0 Å². The maximum Gasteiger partial charge on any atom is 0.350 e. The summed E-state index contributed by atoms with van der Waals surface area (Å²) in [5.41, 5.74) is 2.47. The monoisotopic (exact) mass is 360 g/mol. The van der Waals surface area contributed by atoms with E-state index in [1.165, 1.54) is 16.9 Å². The Labute approximate surface area is 152 Å². The molecular formula is C19H24N2O3S. The predicted octanol–water partition coefficient (Wildman–Crippen LogP) is 3.75. The maximum absolute atomic E-state index is 12.2. The summed E-state index contributed by atoms with van der Waals surface area (Å²) in [6.45, 7) is 9.19. The first kappa shape index (κ1) is 19.1. The van der Waals surface area contributed by atoms with Crippen LogP contribution >= 0.6 is 11.3 Å². The minimum atomic E-state index is -0.518. The number of nitrogens with one attached hydrogen (secondary N) is 1. The van der Waals surface area contributed by atoms with Gasteiger partial charge in [0.1, 0.15) is 9.88 Å². The van der Waals surface area contributed by atoms with Crippen molar-refractivity contribution in [2.75, 3.05) is 6.61 Å². The topological polar surface area (TPSA) is 68.3 Å². The van der Waals surface area contributed by atoms with E-state index >= 15 is 0 Å². The van der Waals surface area contributed by atoms with Gasteiger partial charge in [-0.2, -0.15) is 0 Å². The zero-order chi connectivity index (χ0) is 18.6. The van der Waals surface area contributed by atoms with Crippen molar-refractivity contribution in [3.8, 4) is 10.6 Å². The average molecular weight is 360 g/mol. The van der Waals surface area contributed by atoms with Crippen molar-refractivity contribution in [1.29, 1.82) is 0 Å². The first-order valence-corrected chi connectivity index (χ1v) is 9.06. The Balaban J connectivity index is 2.05. The summed E-state index contributed by atoms with van der Waals surface area (Å²) >= 11 is 1.28. The van der Waals surface area contributed by atoms with Crippen molar-refractivity contribution >= 4 is 23.2 Å². The molecule has 25 heavy (non-hydrogen) atoms. The summed E-state index contributed by atoms with van der Waals surface area (Å²) in [5.74, 6) is -0.839. The lowest BCUT2D eigenvalue weighted by Crippen LogP contribution is -2.42. The number of rotatable bonds is 5. The fourth-order valence-corrected chi connectivity index (χ4v) is 3.21. The summed E-state index contributed by atoms with van der Waals surface area (Å²) < 4.78 is 5.12. The number of aryl methyl sites for hydroxylation is 2. The molecule has 0 bridgehead atoms. The first-order valence-electron chi connectivity index (χ1n) is 8.24. The van der Waals surface area contributed by atoms with E-state index in [0.29, 0.717) is 10.6 Å². The van der Waals surface area contributed by atoms with Crippen molar-refractivity contribution in [2.45, 2.75) is 46.6 Å². The zero-order valence-electron chi connectivity index (χ0n) is 15.3. The Hall–Kier alpha value is -2.21. The molecule has 1 amide bonds. The van der Waals surface area contributed by atoms with E-state index in [1.54, 1.807) is 6.92 Å². The molecule has 0 saturated heterocycles. The molecule has 0 radical (unpaired) electrons. The molecule has 0 spiro atoms. The number of nitrogens with zero attached hydrogens (tertiary/aromatic N) is 1. The molecule has 1 aromatic carbocycles. The minimum absolute atomic E-state index is 0.298. The maximum atomic E-state index is 12.2. The second-order valence-electron chi connectivity index (χ2n) is 6.86. The summed E-state index contributed by atoms with van der Waals surface area (Å²) in [6, 6.07) is 8.12. The van der Waals surface area contributed by atoms with Crippen LogP contribution in [0.5, 0.6) is 0 Å². The Morgan fingerprint density at radius 2 is 1.84 bits per heavy atom. The van der Waals surface area contributed by atoms with E-state index in [9.17, 15) is 9.59 Å². The first-order chi connectivity index (χ1) is 11.7. The van der Waals surface area contributed by atoms with E-state index in [4.69, 9.17) is 4.74 Å². The average Bonchev–Trinajstić information content (AvgIpc) is 2.93. The molecule has 2 rings (SSSR count). The normalized spacial score (nSPS) is 11.2. The van der Waals surface area contributed by atoms with Crippen LogP contribution in [0.15, 0.2) is 24.3 Å². The van der Waals surface area contributed by atoms with Crippen LogP contribution in [0.2, 0.25) is 0 Å². The number of hydrogen-bond acceptors (Lipinski definition) is 5. The summed E-state index contributed by atoms with van der Waals surface area (Å²) in [7, 11) is 0.